The van der Waals surface area contributed by atoms with Crippen LogP contribution in [0.2, 0.25) is 10.0 Å². The van der Waals surface area contributed by atoms with Gasteiger partial charge in [-0.05, 0) is 18.3 Å². The smallest absolute Gasteiger partial charge is 0.306 e. The molecular formula is C13H13Cl2NO4S. The quantitative estimate of drug-likeness (QED) is 0.330. The first-order chi connectivity index (χ1) is 9.87. The van der Waals surface area contributed by atoms with Gasteiger partial charge in [-0.3, -0.25) is 14.9 Å². The Morgan fingerprint density at radius 2 is 2.00 bits per heavy atom. The van der Waals surface area contributed by atoms with Crippen LogP contribution in [0.4, 0.5) is 5.69 Å². The number of nitro groups is 1. The number of esters is 1. The molecule has 21 heavy (non-hydrogen) atoms. The van der Waals surface area contributed by atoms with Gasteiger partial charge in [-0.2, -0.15) is 0 Å². The Kier molecular flexibility index (Phi) is 5.01. The summed E-state index contributed by atoms with van der Waals surface area (Å²) in [5, 5.41) is 11.2. The first kappa shape index (κ1) is 16.4. The minimum Gasteiger partial charge on any atom is -0.469 e. The van der Waals surface area contributed by atoms with Crippen molar-refractivity contribution in [3.63, 3.8) is 0 Å². The zero-order valence-electron chi connectivity index (χ0n) is 11.2. The van der Waals surface area contributed by atoms with Gasteiger partial charge >= 0.3 is 5.97 Å². The van der Waals surface area contributed by atoms with Crippen molar-refractivity contribution in [3.8, 4) is 0 Å². The van der Waals surface area contributed by atoms with Gasteiger partial charge in [0.05, 0.1) is 28.5 Å². The number of rotatable bonds is 6. The maximum absolute atomic E-state index is 11.4. The summed E-state index contributed by atoms with van der Waals surface area (Å²) in [6, 6.07) is 2.57. The molecule has 0 heterocycles. The van der Waals surface area contributed by atoms with Crippen LogP contribution in [0.5, 0.6) is 0 Å². The van der Waals surface area contributed by atoms with Crippen LogP contribution in [-0.4, -0.2) is 23.8 Å². The van der Waals surface area contributed by atoms with E-state index in [0.29, 0.717) is 17.1 Å². The molecule has 8 heteroatoms. The fourth-order valence-electron chi connectivity index (χ4n) is 1.94. The third kappa shape index (κ3) is 4.02. The maximum atomic E-state index is 11.4. The number of carbonyl (C=O) groups is 1. The lowest BCUT2D eigenvalue weighted by molar-refractivity contribution is -0.384. The van der Waals surface area contributed by atoms with E-state index in [1.165, 1.54) is 31.0 Å². The topological polar surface area (TPSA) is 69.4 Å². The molecule has 0 bridgehead atoms. The predicted molar refractivity (Wildman–Crippen MR) is 82.1 cm³/mol. The molecule has 5 nitrogen and oxygen atoms in total. The average Bonchev–Trinajstić information content (AvgIpc) is 3.17. The second kappa shape index (κ2) is 6.42. The van der Waals surface area contributed by atoms with E-state index >= 15 is 0 Å². The highest BCUT2D eigenvalue weighted by Gasteiger charge is 2.44. The van der Waals surface area contributed by atoms with E-state index < -0.39 is 4.92 Å². The molecule has 1 aromatic carbocycles. The van der Waals surface area contributed by atoms with Gasteiger partial charge in [0.25, 0.3) is 5.69 Å². The van der Waals surface area contributed by atoms with Gasteiger partial charge < -0.3 is 4.74 Å². The molecule has 0 aliphatic heterocycles. The van der Waals surface area contributed by atoms with Crippen molar-refractivity contribution in [3.05, 3.63) is 32.3 Å². The number of benzene rings is 1. The molecule has 1 aromatic rings. The number of hydrogen-bond donors (Lipinski definition) is 0. The number of nitro benzene ring substituents is 1. The first-order valence-electron chi connectivity index (χ1n) is 6.20. The Morgan fingerprint density at radius 1 is 1.43 bits per heavy atom. The Labute approximate surface area is 136 Å². The number of ether oxygens (including phenoxy) is 1. The molecule has 0 spiro atoms. The van der Waals surface area contributed by atoms with E-state index in [-0.39, 0.29) is 27.1 Å². The monoisotopic (exact) mass is 349 g/mol. The maximum Gasteiger partial charge on any atom is 0.306 e. The van der Waals surface area contributed by atoms with Gasteiger partial charge in [0, 0.05) is 22.8 Å². The van der Waals surface area contributed by atoms with Gasteiger partial charge in [-0.15, -0.1) is 11.8 Å². The highest BCUT2D eigenvalue weighted by molar-refractivity contribution is 7.99. The first-order valence-corrected chi connectivity index (χ1v) is 7.94. The van der Waals surface area contributed by atoms with Crippen molar-refractivity contribution in [1.82, 2.24) is 0 Å². The Bertz CT molecular complexity index is 567. The average molecular weight is 350 g/mol. The number of non-ortho nitro benzene ring substituents is 1. The van der Waals surface area contributed by atoms with Crippen LogP contribution in [0.3, 0.4) is 0 Å². The largest absolute Gasteiger partial charge is 0.469 e. The second-order valence-corrected chi connectivity index (χ2v) is 6.84. The third-order valence-electron chi connectivity index (χ3n) is 3.42. The highest BCUT2D eigenvalue weighted by Crippen LogP contribution is 2.53. The molecule has 0 atom stereocenters. The van der Waals surface area contributed by atoms with Crippen LogP contribution in [0.25, 0.3) is 0 Å². The molecule has 0 radical (unpaired) electrons. The van der Waals surface area contributed by atoms with Gasteiger partial charge in [0.15, 0.2) is 0 Å². The molecule has 1 aliphatic carbocycles. The number of thioether (sulfide) groups is 1. The lowest BCUT2D eigenvalue weighted by Gasteiger charge is -2.14. The second-order valence-electron chi connectivity index (χ2n) is 5.04. The standard InChI is InChI=1S/C13H13Cl2NO4S/c1-20-11(17)6-13(2-3-13)7-21-12-9(14)4-8(16(18)19)5-10(12)15/h4-5H,2-3,6-7H2,1H3. The molecule has 0 saturated heterocycles. The summed E-state index contributed by atoms with van der Waals surface area (Å²) in [6.07, 6.45) is 2.29. The minimum absolute atomic E-state index is 0.0633. The summed E-state index contributed by atoms with van der Waals surface area (Å²) >= 11 is 13.5. The van der Waals surface area contributed by atoms with Gasteiger partial charge in [0.1, 0.15) is 0 Å². The zero-order chi connectivity index (χ0) is 15.6. The van der Waals surface area contributed by atoms with Crippen molar-refractivity contribution in [2.45, 2.75) is 24.2 Å². The number of hydrogen-bond acceptors (Lipinski definition) is 5. The van der Waals surface area contributed by atoms with Crippen LogP contribution >= 0.6 is 35.0 Å². The third-order valence-corrected chi connectivity index (χ3v) is 5.73. The molecule has 2 rings (SSSR count). The lowest BCUT2D eigenvalue weighted by Crippen LogP contribution is -2.13. The van der Waals surface area contributed by atoms with Crippen molar-refractivity contribution in [1.29, 1.82) is 0 Å². The van der Waals surface area contributed by atoms with Crippen molar-refractivity contribution < 1.29 is 14.5 Å². The van der Waals surface area contributed by atoms with E-state index in [4.69, 9.17) is 27.9 Å². The van der Waals surface area contributed by atoms with Crippen LogP contribution in [0.15, 0.2) is 17.0 Å². The number of methoxy groups -OCH3 is 1. The van der Waals surface area contributed by atoms with E-state index in [9.17, 15) is 14.9 Å². The molecule has 1 fully saturated rings. The summed E-state index contributed by atoms with van der Waals surface area (Å²) in [5.74, 6) is 0.452. The summed E-state index contributed by atoms with van der Waals surface area (Å²) < 4.78 is 4.69. The van der Waals surface area contributed by atoms with Gasteiger partial charge in [-0.25, -0.2) is 0 Å². The molecule has 0 N–H and O–H groups in total. The van der Waals surface area contributed by atoms with Crippen LogP contribution in [-0.2, 0) is 9.53 Å². The van der Waals surface area contributed by atoms with Crippen LogP contribution in [0, 0.1) is 15.5 Å². The molecule has 0 amide bonds. The van der Waals surface area contributed by atoms with Gasteiger partial charge in [-0.1, -0.05) is 23.2 Å². The van der Waals surface area contributed by atoms with Crippen LogP contribution in [0.1, 0.15) is 19.3 Å². The van der Waals surface area contributed by atoms with Crippen molar-refractivity contribution >= 4 is 46.6 Å². The van der Waals surface area contributed by atoms with E-state index in [2.05, 4.69) is 0 Å². The van der Waals surface area contributed by atoms with E-state index in [1.807, 2.05) is 0 Å². The Morgan fingerprint density at radius 3 is 2.43 bits per heavy atom. The molecular weight excluding hydrogens is 337 g/mol. The number of halogens is 2. The predicted octanol–water partition coefficient (Wildman–Crippen LogP) is 4.34. The van der Waals surface area contributed by atoms with E-state index in [1.54, 1.807) is 0 Å². The lowest BCUT2D eigenvalue weighted by atomic mass is 10.1. The summed E-state index contributed by atoms with van der Waals surface area (Å²) in [5.41, 5.74) is -0.198. The summed E-state index contributed by atoms with van der Waals surface area (Å²) in [6.45, 7) is 0. The Hall–Kier alpha value is -0.980. The number of carbonyl (C=O) groups excluding carboxylic acids is 1. The Balaban J connectivity index is 2.07. The molecule has 0 unspecified atom stereocenters. The zero-order valence-corrected chi connectivity index (χ0v) is 13.6. The fraction of sp³-hybridized carbons (Fsp3) is 0.462. The fourth-order valence-corrected chi connectivity index (χ4v) is 3.98. The minimum atomic E-state index is -0.536. The van der Waals surface area contributed by atoms with Crippen molar-refractivity contribution in [2.75, 3.05) is 12.9 Å². The highest BCUT2D eigenvalue weighted by atomic mass is 35.5. The summed E-state index contributed by atoms with van der Waals surface area (Å²) in [7, 11) is 1.37. The van der Waals surface area contributed by atoms with E-state index in [0.717, 1.165) is 12.8 Å². The molecule has 114 valence electrons. The SMILES string of the molecule is COC(=O)CC1(CSc2c(Cl)cc([N+](=O)[O-])cc2Cl)CC1. The normalized spacial score (nSPS) is 15.6. The molecule has 0 aromatic heterocycles. The number of nitrogens with zero attached hydrogens (tertiary/aromatic N) is 1. The van der Waals surface area contributed by atoms with Gasteiger partial charge in [0.2, 0.25) is 0 Å². The molecule has 1 saturated carbocycles. The molecule has 1 aliphatic rings. The van der Waals surface area contributed by atoms with Crippen molar-refractivity contribution in [2.24, 2.45) is 5.41 Å². The van der Waals surface area contributed by atoms with Crippen LogP contribution < -0.4 is 0 Å². The summed E-state index contributed by atoms with van der Waals surface area (Å²) in [4.78, 5) is 22.2.